The maximum absolute atomic E-state index is 11.1. The van der Waals surface area contributed by atoms with Crippen molar-refractivity contribution < 1.29 is 4.79 Å². The van der Waals surface area contributed by atoms with Crippen LogP contribution in [0.5, 0.6) is 0 Å². The van der Waals surface area contributed by atoms with Crippen LogP contribution in [-0.4, -0.2) is 66.8 Å². The van der Waals surface area contributed by atoms with Crippen molar-refractivity contribution in [2.45, 2.75) is 19.9 Å². The number of rotatable bonds is 4. The van der Waals surface area contributed by atoms with Crippen molar-refractivity contribution in [3.05, 3.63) is 24.3 Å². The van der Waals surface area contributed by atoms with Crippen LogP contribution in [-0.2, 0) is 4.79 Å². The van der Waals surface area contributed by atoms with Gasteiger partial charge in [-0.15, -0.1) is 15.3 Å². The first-order valence-corrected chi connectivity index (χ1v) is 9.19. The number of aromatic nitrogens is 6. The highest BCUT2D eigenvalue weighted by molar-refractivity contribution is 7.19. The average Bonchev–Trinajstić information content (AvgIpc) is 3.27. The molecule has 3 aromatic rings. The molecule has 0 aromatic carbocycles. The normalized spacial score (nSPS) is 16.8. The molecule has 3 aromatic heterocycles. The summed E-state index contributed by atoms with van der Waals surface area (Å²) in [6.07, 6.45) is 3.57. The molecule has 0 saturated carbocycles. The van der Waals surface area contributed by atoms with Crippen LogP contribution < -0.4 is 10.2 Å². The van der Waals surface area contributed by atoms with Crippen LogP contribution in [0.1, 0.15) is 25.7 Å². The van der Waals surface area contributed by atoms with Crippen LogP contribution in [0.3, 0.4) is 0 Å². The molecule has 1 aliphatic heterocycles. The van der Waals surface area contributed by atoms with Gasteiger partial charge in [-0.05, 0) is 13.0 Å². The Kier molecular flexibility index (Phi) is 4.47. The van der Waals surface area contributed by atoms with Gasteiger partial charge in [0.05, 0.1) is 6.04 Å². The zero-order chi connectivity index (χ0) is 18.1. The Morgan fingerprint density at radius 3 is 2.81 bits per heavy atom. The highest BCUT2D eigenvalue weighted by atomic mass is 32.1. The number of nitrogens with one attached hydrogen (secondary N) is 1. The number of anilines is 2. The molecule has 26 heavy (non-hydrogen) atoms. The topological polar surface area (TPSA) is 104 Å². The third kappa shape index (κ3) is 3.35. The van der Waals surface area contributed by atoms with Crippen molar-refractivity contribution >= 4 is 33.3 Å². The SMILES string of the molecule is CC(=O)Nc1nnc(N2CCN(C(C)c3nc4ncccn4n3)CC2)s1. The fraction of sp³-hybridized carbons (Fsp3) is 0.467. The minimum atomic E-state index is -0.138. The van der Waals surface area contributed by atoms with Crippen LogP contribution in [0.2, 0.25) is 0 Å². The van der Waals surface area contributed by atoms with E-state index in [1.165, 1.54) is 18.3 Å². The van der Waals surface area contributed by atoms with Crippen LogP contribution in [0.4, 0.5) is 10.3 Å². The first-order chi connectivity index (χ1) is 12.6. The molecule has 0 spiro atoms. The maximum atomic E-state index is 11.1. The van der Waals surface area contributed by atoms with Crippen molar-refractivity contribution in [2.75, 3.05) is 36.4 Å². The minimum absolute atomic E-state index is 0.114. The van der Waals surface area contributed by atoms with Gasteiger partial charge in [-0.25, -0.2) is 9.50 Å². The largest absolute Gasteiger partial charge is 0.344 e. The predicted octanol–water partition coefficient (Wildman–Crippen LogP) is 0.817. The van der Waals surface area contributed by atoms with E-state index in [4.69, 9.17) is 0 Å². The fourth-order valence-electron chi connectivity index (χ4n) is 2.93. The van der Waals surface area contributed by atoms with E-state index in [9.17, 15) is 4.79 Å². The smallest absolute Gasteiger partial charge is 0.252 e. The second-order valence-electron chi connectivity index (χ2n) is 6.10. The van der Waals surface area contributed by atoms with Gasteiger partial charge < -0.3 is 10.2 Å². The molecule has 11 heteroatoms. The first kappa shape index (κ1) is 16.8. The van der Waals surface area contributed by atoms with Crippen LogP contribution >= 0.6 is 11.3 Å². The van der Waals surface area contributed by atoms with Gasteiger partial charge in [-0.3, -0.25) is 9.69 Å². The van der Waals surface area contributed by atoms with Gasteiger partial charge in [0.2, 0.25) is 16.2 Å². The second-order valence-corrected chi connectivity index (χ2v) is 7.06. The highest BCUT2D eigenvalue weighted by Crippen LogP contribution is 2.26. The highest BCUT2D eigenvalue weighted by Gasteiger charge is 2.26. The summed E-state index contributed by atoms with van der Waals surface area (Å²) in [5, 5.41) is 16.7. The molecule has 0 bridgehead atoms. The predicted molar refractivity (Wildman–Crippen MR) is 97.2 cm³/mol. The van der Waals surface area contributed by atoms with Gasteiger partial charge >= 0.3 is 0 Å². The molecule has 10 nitrogen and oxygen atoms in total. The van der Waals surface area contributed by atoms with Crippen molar-refractivity contribution in [3.8, 4) is 0 Å². The quantitative estimate of drug-likeness (QED) is 0.717. The summed E-state index contributed by atoms with van der Waals surface area (Å²) >= 11 is 1.39. The third-order valence-corrected chi connectivity index (χ3v) is 5.24. The van der Waals surface area contributed by atoms with Crippen LogP contribution in [0.25, 0.3) is 5.78 Å². The molecule has 1 saturated heterocycles. The molecule has 1 amide bonds. The lowest BCUT2D eigenvalue weighted by atomic mass is 10.2. The standard InChI is InChI=1S/C15H19N9OS/c1-10(12-18-13-16-4-3-5-24(13)21-12)22-6-8-23(9-7-22)15-20-19-14(26-15)17-11(2)25/h3-5,10H,6-9H2,1-2H3,(H,17,19,25). The Bertz CT molecular complexity index is 882. The number of carbonyl (C=O) groups excluding carboxylic acids is 1. The zero-order valence-electron chi connectivity index (χ0n) is 14.5. The van der Waals surface area contributed by atoms with Crippen molar-refractivity contribution in [3.63, 3.8) is 0 Å². The number of amides is 1. The Morgan fingerprint density at radius 1 is 1.27 bits per heavy atom. The van der Waals surface area contributed by atoms with Crippen molar-refractivity contribution in [1.82, 2.24) is 34.7 Å². The van der Waals surface area contributed by atoms with Gasteiger partial charge in [-0.1, -0.05) is 11.3 Å². The van der Waals surface area contributed by atoms with Gasteiger partial charge in [0.15, 0.2) is 5.82 Å². The number of piperazine rings is 1. The average molecular weight is 373 g/mol. The van der Waals surface area contributed by atoms with Crippen LogP contribution in [0.15, 0.2) is 18.5 Å². The molecule has 1 fully saturated rings. The van der Waals surface area contributed by atoms with E-state index in [-0.39, 0.29) is 11.9 Å². The van der Waals surface area contributed by atoms with E-state index in [2.05, 4.69) is 47.3 Å². The lowest BCUT2D eigenvalue weighted by Crippen LogP contribution is -2.47. The van der Waals surface area contributed by atoms with E-state index >= 15 is 0 Å². The Balaban J connectivity index is 1.39. The van der Waals surface area contributed by atoms with Crippen LogP contribution in [0, 0.1) is 0 Å². The van der Waals surface area contributed by atoms with Gasteiger partial charge in [0.1, 0.15) is 0 Å². The molecular formula is C15H19N9OS. The number of carbonyl (C=O) groups is 1. The molecule has 4 heterocycles. The minimum Gasteiger partial charge on any atom is -0.344 e. The fourth-order valence-corrected chi connectivity index (χ4v) is 3.78. The summed E-state index contributed by atoms with van der Waals surface area (Å²) in [7, 11) is 0. The number of fused-ring (bicyclic) bond motifs is 1. The van der Waals surface area contributed by atoms with Gasteiger partial charge in [0.25, 0.3) is 5.78 Å². The second kappa shape index (κ2) is 6.92. The Hall–Kier alpha value is -2.66. The number of hydrogen-bond acceptors (Lipinski definition) is 9. The summed E-state index contributed by atoms with van der Waals surface area (Å²) < 4.78 is 1.70. The molecule has 1 unspecified atom stereocenters. The van der Waals surface area contributed by atoms with Crippen molar-refractivity contribution in [2.24, 2.45) is 0 Å². The van der Waals surface area contributed by atoms with Gasteiger partial charge in [0, 0.05) is 45.5 Å². The number of nitrogens with zero attached hydrogens (tertiary/aromatic N) is 8. The summed E-state index contributed by atoms with van der Waals surface area (Å²) in [5.74, 6) is 1.26. The Labute approximate surface area is 153 Å². The molecule has 1 atom stereocenters. The molecule has 4 rings (SSSR count). The van der Waals surface area contributed by atoms with Gasteiger partial charge in [-0.2, -0.15) is 4.98 Å². The van der Waals surface area contributed by atoms with E-state index in [1.807, 2.05) is 12.3 Å². The lowest BCUT2D eigenvalue weighted by Gasteiger charge is -2.36. The maximum Gasteiger partial charge on any atom is 0.252 e. The summed E-state index contributed by atoms with van der Waals surface area (Å²) in [5.41, 5.74) is 0. The molecule has 1 aliphatic rings. The summed E-state index contributed by atoms with van der Waals surface area (Å²) in [6.45, 7) is 7.00. The summed E-state index contributed by atoms with van der Waals surface area (Å²) in [4.78, 5) is 24.4. The van der Waals surface area contributed by atoms with E-state index in [1.54, 1.807) is 10.7 Å². The van der Waals surface area contributed by atoms with Crippen molar-refractivity contribution in [1.29, 1.82) is 0 Å². The molecule has 0 aliphatic carbocycles. The molecule has 1 N–H and O–H groups in total. The number of hydrogen-bond donors (Lipinski definition) is 1. The molecule has 0 radical (unpaired) electrons. The first-order valence-electron chi connectivity index (χ1n) is 8.37. The molecule has 136 valence electrons. The van der Waals surface area contributed by atoms with E-state index < -0.39 is 0 Å². The lowest BCUT2D eigenvalue weighted by molar-refractivity contribution is -0.114. The van der Waals surface area contributed by atoms with E-state index in [0.29, 0.717) is 10.9 Å². The zero-order valence-corrected chi connectivity index (χ0v) is 15.3. The third-order valence-electron chi connectivity index (χ3n) is 4.34. The van der Waals surface area contributed by atoms with E-state index in [0.717, 1.165) is 37.1 Å². The molecular weight excluding hydrogens is 354 g/mol. The summed E-state index contributed by atoms with van der Waals surface area (Å²) in [6, 6.07) is 1.95. The Morgan fingerprint density at radius 2 is 2.08 bits per heavy atom. The monoisotopic (exact) mass is 373 g/mol.